The largest absolute Gasteiger partial charge is 0.399 e. The third-order valence-corrected chi connectivity index (χ3v) is 2.14. The summed E-state index contributed by atoms with van der Waals surface area (Å²) in [5, 5.41) is 3.36. The van der Waals surface area contributed by atoms with Gasteiger partial charge in [0.25, 0.3) is 0 Å². The summed E-state index contributed by atoms with van der Waals surface area (Å²) < 4.78 is 0. The second kappa shape index (κ2) is 4.86. The number of nitrogen functional groups attached to an aromatic ring is 1. The fourth-order valence-corrected chi connectivity index (χ4v) is 1.24. The Bertz CT molecular complexity index is 295. The predicted octanol–water partition coefficient (Wildman–Crippen LogP) is 1.55. The van der Waals surface area contributed by atoms with E-state index < -0.39 is 0 Å². The summed E-state index contributed by atoms with van der Waals surface area (Å²) in [6.07, 6.45) is 0. The van der Waals surface area contributed by atoms with E-state index in [1.165, 1.54) is 5.56 Å². The van der Waals surface area contributed by atoms with Crippen LogP contribution in [0, 0.1) is 6.92 Å². The number of nitrogens with one attached hydrogen (secondary N) is 1. The first kappa shape index (κ1) is 10.9. The maximum absolute atomic E-state index is 5.71. The second-order valence-electron chi connectivity index (χ2n) is 3.80. The third kappa shape index (κ3) is 3.26. The summed E-state index contributed by atoms with van der Waals surface area (Å²) >= 11 is 0. The van der Waals surface area contributed by atoms with E-state index in [0.717, 1.165) is 24.5 Å². The van der Waals surface area contributed by atoms with Crippen molar-refractivity contribution in [3.05, 3.63) is 23.8 Å². The topological polar surface area (TPSA) is 41.3 Å². The number of rotatable bonds is 4. The Morgan fingerprint density at radius 2 is 2.07 bits per heavy atom. The predicted molar refractivity (Wildman–Crippen MR) is 62.6 cm³/mol. The van der Waals surface area contributed by atoms with Crippen molar-refractivity contribution in [1.82, 2.24) is 4.90 Å². The molecule has 0 fully saturated rings. The van der Waals surface area contributed by atoms with Gasteiger partial charge in [-0.3, -0.25) is 0 Å². The Balaban J connectivity index is 2.53. The molecule has 3 heteroatoms. The van der Waals surface area contributed by atoms with Crippen LogP contribution in [0.2, 0.25) is 0 Å². The first-order valence-electron chi connectivity index (χ1n) is 4.84. The molecule has 0 atom stereocenters. The van der Waals surface area contributed by atoms with E-state index in [9.17, 15) is 0 Å². The molecule has 0 heterocycles. The minimum Gasteiger partial charge on any atom is -0.399 e. The van der Waals surface area contributed by atoms with Crippen molar-refractivity contribution in [2.45, 2.75) is 6.92 Å². The van der Waals surface area contributed by atoms with E-state index in [1.807, 2.05) is 18.2 Å². The molecule has 0 saturated heterocycles. The van der Waals surface area contributed by atoms with Crippen LogP contribution in [0.5, 0.6) is 0 Å². The van der Waals surface area contributed by atoms with Crippen molar-refractivity contribution in [2.24, 2.45) is 0 Å². The minimum absolute atomic E-state index is 0.808. The molecular formula is C11H19N3. The SMILES string of the molecule is Cc1ccc(N)cc1NCCN(C)C. The number of anilines is 2. The smallest absolute Gasteiger partial charge is 0.0390 e. The number of nitrogens with zero attached hydrogens (tertiary/aromatic N) is 1. The van der Waals surface area contributed by atoms with Gasteiger partial charge in [0.2, 0.25) is 0 Å². The van der Waals surface area contributed by atoms with Crippen molar-refractivity contribution in [3.63, 3.8) is 0 Å². The molecule has 0 unspecified atom stereocenters. The van der Waals surface area contributed by atoms with Crippen LogP contribution in [-0.2, 0) is 0 Å². The van der Waals surface area contributed by atoms with E-state index >= 15 is 0 Å². The van der Waals surface area contributed by atoms with Gasteiger partial charge >= 0.3 is 0 Å². The molecule has 0 aromatic heterocycles. The summed E-state index contributed by atoms with van der Waals surface area (Å²) in [7, 11) is 4.13. The van der Waals surface area contributed by atoms with Crippen LogP contribution in [-0.4, -0.2) is 32.1 Å². The van der Waals surface area contributed by atoms with Crippen LogP contribution in [0.1, 0.15) is 5.56 Å². The monoisotopic (exact) mass is 193 g/mol. The Labute approximate surface area is 85.9 Å². The van der Waals surface area contributed by atoms with E-state index in [0.29, 0.717) is 0 Å². The highest BCUT2D eigenvalue weighted by Gasteiger charge is 1.97. The first-order valence-corrected chi connectivity index (χ1v) is 4.84. The molecule has 0 bridgehead atoms. The van der Waals surface area contributed by atoms with Gasteiger partial charge in [-0.2, -0.15) is 0 Å². The molecule has 0 aliphatic carbocycles. The minimum atomic E-state index is 0.808. The maximum Gasteiger partial charge on any atom is 0.0390 e. The Morgan fingerprint density at radius 1 is 1.36 bits per heavy atom. The molecule has 0 aliphatic heterocycles. The van der Waals surface area contributed by atoms with Crippen molar-refractivity contribution in [3.8, 4) is 0 Å². The van der Waals surface area contributed by atoms with E-state index in [-0.39, 0.29) is 0 Å². The van der Waals surface area contributed by atoms with Crippen molar-refractivity contribution < 1.29 is 0 Å². The molecule has 0 aliphatic rings. The summed E-state index contributed by atoms with van der Waals surface area (Å²) in [5.41, 5.74) is 8.88. The van der Waals surface area contributed by atoms with Crippen LogP contribution in [0.4, 0.5) is 11.4 Å². The van der Waals surface area contributed by atoms with Crippen molar-refractivity contribution in [2.75, 3.05) is 38.2 Å². The van der Waals surface area contributed by atoms with Gasteiger partial charge in [-0.05, 0) is 38.7 Å². The lowest BCUT2D eigenvalue weighted by Crippen LogP contribution is -2.21. The lowest BCUT2D eigenvalue weighted by atomic mass is 10.2. The molecule has 1 aromatic carbocycles. The normalized spacial score (nSPS) is 10.6. The van der Waals surface area contributed by atoms with Gasteiger partial charge in [0.15, 0.2) is 0 Å². The van der Waals surface area contributed by atoms with Gasteiger partial charge in [0, 0.05) is 24.5 Å². The zero-order chi connectivity index (χ0) is 10.6. The lowest BCUT2D eigenvalue weighted by molar-refractivity contribution is 0.425. The first-order chi connectivity index (χ1) is 6.59. The van der Waals surface area contributed by atoms with E-state index in [2.05, 4.69) is 31.2 Å². The number of likely N-dealkylation sites (N-methyl/N-ethyl adjacent to an activating group) is 1. The molecule has 0 saturated carbocycles. The van der Waals surface area contributed by atoms with Gasteiger partial charge in [-0.1, -0.05) is 6.07 Å². The zero-order valence-corrected chi connectivity index (χ0v) is 9.17. The Hall–Kier alpha value is -1.22. The van der Waals surface area contributed by atoms with Gasteiger partial charge in [0.1, 0.15) is 0 Å². The van der Waals surface area contributed by atoms with Crippen molar-refractivity contribution in [1.29, 1.82) is 0 Å². The molecule has 3 N–H and O–H groups in total. The molecule has 1 rings (SSSR count). The standard InChI is InChI=1S/C11H19N3/c1-9-4-5-10(12)8-11(9)13-6-7-14(2)3/h4-5,8,13H,6-7,12H2,1-3H3. The zero-order valence-electron chi connectivity index (χ0n) is 9.17. The molecule has 0 spiro atoms. The molecule has 1 aromatic rings. The number of nitrogens with two attached hydrogens (primary N) is 1. The average molecular weight is 193 g/mol. The van der Waals surface area contributed by atoms with E-state index in [4.69, 9.17) is 5.73 Å². The second-order valence-corrected chi connectivity index (χ2v) is 3.80. The number of hydrogen-bond donors (Lipinski definition) is 2. The van der Waals surface area contributed by atoms with Gasteiger partial charge in [-0.15, -0.1) is 0 Å². The highest BCUT2D eigenvalue weighted by Crippen LogP contribution is 2.17. The van der Waals surface area contributed by atoms with Crippen LogP contribution in [0.3, 0.4) is 0 Å². The Kier molecular flexibility index (Phi) is 3.77. The van der Waals surface area contributed by atoms with Crippen LogP contribution < -0.4 is 11.1 Å². The van der Waals surface area contributed by atoms with Crippen LogP contribution in [0.25, 0.3) is 0 Å². The quantitative estimate of drug-likeness (QED) is 0.713. The van der Waals surface area contributed by atoms with Crippen LogP contribution >= 0.6 is 0 Å². The Morgan fingerprint density at radius 3 is 2.71 bits per heavy atom. The number of benzene rings is 1. The number of aryl methyl sites for hydroxylation is 1. The van der Waals surface area contributed by atoms with Crippen LogP contribution in [0.15, 0.2) is 18.2 Å². The summed E-state index contributed by atoms with van der Waals surface area (Å²) in [6, 6.07) is 5.94. The van der Waals surface area contributed by atoms with Gasteiger partial charge in [0.05, 0.1) is 0 Å². The molecule has 78 valence electrons. The molecule has 0 amide bonds. The lowest BCUT2D eigenvalue weighted by Gasteiger charge is -2.13. The summed E-state index contributed by atoms with van der Waals surface area (Å²) in [6.45, 7) is 4.04. The molecular weight excluding hydrogens is 174 g/mol. The molecule has 3 nitrogen and oxygen atoms in total. The average Bonchev–Trinajstić information content (AvgIpc) is 2.10. The molecule has 0 radical (unpaired) electrons. The number of hydrogen-bond acceptors (Lipinski definition) is 3. The summed E-state index contributed by atoms with van der Waals surface area (Å²) in [5.74, 6) is 0. The fourth-order valence-electron chi connectivity index (χ4n) is 1.24. The van der Waals surface area contributed by atoms with Gasteiger partial charge < -0.3 is 16.0 Å². The van der Waals surface area contributed by atoms with Crippen molar-refractivity contribution >= 4 is 11.4 Å². The van der Waals surface area contributed by atoms with Gasteiger partial charge in [-0.25, -0.2) is 0 Å². The maximum atomic E-state index is 5.71. The highest BCUT2D eigenvalue weighted by atomic mass is 15.1. The highest BCUT2D eigenvalue weighted by molar-refractivity contribution is 5.59. The van der Waals surface area contributed by atoms with E-state index in [1.54, 1.807) is 0 Å². The summed E-state index contributed by atoms with van der Waals surface area (Å²) in [4.78, 5) is 2.15. The third-order valence-electron chi connectivity index (χ3n) is 2.14. The fraction of sp³-hybridized carbons (Fsp3) is 0.455. The molecule has 14 heavy (non-hydrogen) atoms.